The third-order valence-electron chi connectivity index (χ3n) is 3.40. The van der Waals surface area contributed by atoms with Gasteiger partial charge < -0.3 is 4.74 Å². The average Bonchev–Trinajstić information content (AvgIpc) is 2.46. The number of nitrogens with zero attached hydrogens (tertiary/aromatic N) is 1. The summed E-state index contributed by atoms with van der Waals surface area (Å²) in [6.45, 7) is 3.03. The molecule has 1 saturated heterocycles. The number of aldehydes is 1. The zero-order valence-corrected chi connectivity index (χ0v) is 13.4. The molecule has 0 spiro atoms. The quantitative estimate of drug-likeness (QED) is 0.603. The molecule has 0 saturated carbocycles. The molecular formula is C14H18BrNO2S. The van der Waals surface area contributed by atoms with E-state index in [4.69, 9.17) is 4.74 Å². The predicted molar refractivity (Wildman–Crippen MR) is 82.8 cm³/mol. The molecule has 1 aromatic rings. The predicted octanol–water partition coefficient (Wildman–Crippen LogP) is 3.63. The summed E-state index contributed by atoms with van der Waals surface area (Å²) in [5, 5.41) is 0. The molecule has 0 aromatic heterocycles. The topological polar surface area (TPSA) is 29.5 Å². The van der Waals surface area contributed by atoms with E-state index in [0.717, 1.165) is 36.2 Å². The second kappa shape index (κ2) is 7.31. The first-order valence-electron chi connectivity index (χ1n) is 6.39. The summed E-state index contributed by atoms with van der Waals surface area (Å²) in [6, 6.07) is 5.42. The van der Waals surface area contributed by atoms with Gasteiger partial charge in [0.05, 0.1) is 11.1 Å². The van der Waals surface area contributed by atoms with Crippen molar-refractivity contribution >= 4 is 34.2 Å². The van der Waals surface area contributed by atoms with E-state index in [1.807, 2.05) is 18.0 Å². The van der Waals surface area contributed by atoms with Crippen LogP contribution < -0.4 is 4.74 Å². The second-order valence-electron chi connectivity index (χ2n) is 4.67. The molecule has 0 radical (unpaired) electrons. The number of carbonyl (C=O) groups excluding carboxylic acids is 1. The third kappa shape index (κ3) is 4.23. The Bertz CT molecular complexity index is 433. The van der Waals surface area contributed by atoms with Crippen molar-refractivity contribution in [2.24, 2.45) is 5.92 Å². The third-order valence-corrected chi connectivity index (χ3v) is 4.90. The van der Waals surface area contributed by atoms with Gasteiger partial charge in [-0.1, -0.05) is 11.9 Å². The molecule has 2 rings (SSSR count). The highest BCUT2D eigenvalue weighted by atomic mass is 79.9. The van der Waals surface area contributed by atoms with E-state index in [1.54, 1.807) is 12.1 Å². The maximum atomic E-state index is 10.7. The summed E-state index contributed by atoms with van der Waals surface area (Å²) in [6.07, 6.45) is 5.34. The van der Waals surface area contributed by atoms with Crippen molar-refractivity contribution in [3.05, 3.63) is 28.2 Å². The van der Waals surface area contributed by atoms with Crippen LogP contribution in [0.2, 0.25) is 0 Å². The summed E-state index contributed by atoms with van der Waals surface area (Å²) < 4.78 is 9.10. The molecule has 1 aromatic carbocycles. The maximum Gasteiger partial charge on any atom is 0.150 e. The molecule has 1 heterocycles. The van der Waals surface area contributed by atoms with Crippen molar-refractivity contribution in [2.45, 2.75) is 12.8 Å². The summed E-state index contributed by atoms with van der Waals surface area (Å²) in [7, 11) is 0. The van der Waals surface area contributed by atoms with Gasteiger partial charge >= 0.3 is 0 Å². The van der Waals surface area contributed by atoms with Crippen molar-refractivity contribution in [1.29, 1.82) is 0 Å². The number of hydrogen-bond acceptors (Lipinski definition) is 4. The minimum atomic E-state index is 0.626. The number of hydrogen-bond donors (Lipinski definition) is 0. The largest absolute Gasteiger partial charge is 0.492 e. The maximum absolute atomic E-state index is 10.7. The van der Waals surface area contributed by atoms with Crippen LogP contribution in [0, 0.1) is 5.92 Å². The monoisotopic (exact) mass is 343 g/mol. The van der Waals surface area contributed by atoms with Gasteiger partial charge in [-0.05, 0) is 59.1 Å². The number of rotatable bonds is 5. The van der Waals surface area contributed by atoms with E-state index in [9.17, 15) is 4.79 Å². The van der Waals surface area contributed by atoms with E-state index in [1.165, 1.54) is 12.8 Å². The van der Waals surface area contributed by atoms with Crippen molar-refractivity contribution in [3.8, 4) is 5.75 Å². The molecule has 3 nitrogen and oxygen atoms in total. The standard InChI is InChI=1S/C14H18BrNO2S/c1-19-16-6-4-11(5-7-16)10-18-14-3-2-12(9-17)8-13(14)15/h2-3,8-9,11H,4-7,10H2,1H3. The Morgan fingerprint density at radius 3 is 2.79 bits per heavy atom. The van der Waals surface area contributed by atoms with Crippen LogP contribution in [0.4, 0.5) is 0 Å². The Morgan fingerprint density at radius 2 is 2.21 bits per heavy atom. The van der Waals surface area contributed by atoms with Crippen molar-refractivity contribution < 1.29 is 9.53 Å². The van der Waals surface area contributed by atoms with Crippen LogP contribution in [0.3, 0.4) is 0 Å². The highest BCUT2D eigenvalue weighted by Crippen LogP contribution is 2.28. The van der Waals surface area contributed by atoms with Gasteiger partial charge in [0, 0.05) is 18.7 Å². The fourth-order valence-corrected chi connectivity index (χ4v) is 3.26. The zero-order chi connectivity index (χ0) is 13.7. The first kappa shape index (κ1) is 14.9. The zero-order valence-electron chi connectivity index (χ0n) is 11.0. The SMILES string of the molecule is CSN1CCC(COc2ccc(C=O)cc2Br)CC1. The Hall–Kier alpha value is -0.520. The minimum absolute atomic E-state index is 0.626. The number of benzene rings is 1. The molecule has 1 fully saturated rings. The average molecular weight is 344 g/mol. The lowest BCUT2D eigenvalue weighted by Gasteiger charge is -2.29. The molecular weight excluding hydrogens is 326 g/mol. The van der Waals surface area contributed by atoms with Crippen molar-refractivity contribution in [2.75, 3.05) is 26.0 Å². The molecule has 0 amide bonds. The number of carbonyl (C=O) groups is 1. The summed E-state index contributed by atoms with van der Waals surface area (Å²) in [5.41, 5.74) is 0.660. The Morgan fingerprint density at radius 1 is 1.47 bits per heavy atom. The van der Waals surface area contributed by atoms with E-state index in [2.05, 4.69) is 26.5 Å². The summed E-state index contributed by atoms with van der Waals surface area (Å²) in [4.78, 5) is 10.7. The molecule has 1 aliphatic rings. The van der Waals surface area contributed by atoms with Crippen LogP contribution >= 0.6 is 27.9 Å². The Kier molecular flexibility index (Phi) is 5.73. The van der Waals surface area contributed by atoms with Crippen molar-refractivity contribution in [1.82, 2.24) is 4.31 Å². The first-order chi connectivity index (χ1) is 9.22. The molecule has 104 valence electrons. The molecule has 0 bridgehead atoms. The Labute approximate surface area is 127 Å². The molecule has 5 heteroatoms. The number of halogens is 1. The van der Waals surface area contributed by atoms with Crippen LogP contribution in [0.5, 0.6) is 5.75 Å². The van der Waals surface area contributed by atoms with E-state index in [0.29, 0.717) is 11.5 Å². The molecule has 0 unspecified atom stereocenters. The van der Waals surface area contributed by atoms with E-state index >= 15 is 0 Å². The van der Waals surface area contributed by atoms with Crippen LogP contribution in [-0.2, 0) is 0 Å². The van der Waals surface area contributed by atoms with Gasteiger partial charge in [0.15, 0.2) is 0 Å². The fraction of sp³-hybridized carbons (Fsp3) is 0.500. The van der Waals surface area contributed by atoms with Crippen LogP contribution in [0.1, 0.15) is 23.2 Å². The van der Waals surface area contributed by atoms with Crippen LogP contribution in [-0.4, -0.2) is 36.5 Å². The lowest BCUT2D eigenvalue weighted by Crippen LogP contribution is -2.30. The lowest BCUT2D eigenvalue weighted by molar-refractivity contribution is 0.112. The van der Waals surface area contributed by atoms with Crippen LogP contribution in [0.25, 0.3) is 0 Å². The molecule has 0 aliphatic carbocycles. The van der Waals surface area contributed by atoms with Gasteiger partial charge in [0.1, 0.15) is 12.0 Å². The first-order valence-corrected chi connectivity index (χ1v) is 8.37. The van der Waals surface area contributed by atoms with Gasteiger partial charge in [0.25, 0.3) is 0 Å². The minimum Gasteiger partial charge on any atom is -0.492 e. The van der Waals surface area contributed by atoms with E-state index in [-0.39, 0.29) is 0 Å². The number of ether oxygens (including phenoxy) is 1. The molecule has 0 atom stereocenters. The van der Waals surface area contributed by atoms with Gasteiger partial charge in [-0.25, -0.2) is 0 Å². The van der Waals surface area contributed by atoms with Gasteiger partial charge in [-0.15, -0.1) is 0 Å². The van der Waals surface area contributed by atoms with Gasteiger partial charge in [-0.2, -0.15) is 0 Å². The van der Waals surface area contributed by atoms with Crippen LogP contribution in [0.15, 0.2) is 22.7 Å². The second-order valence-corrected chi connectivity index (χ2v) is 6.41. The van der Waals surface area contributed by atoms with Crippen molar-refractivity contribution in [3.63, 3.8) is 0 Å². The van der Waals surface area contributed by atoms with E-state index < -0.39 is 0 Å². The van der Waals surface area contributed by atoms with Gasteiger partial charge in [0.2, 0.25) is 0 Å². The summed E-state index contributed by atoms with van der Waals surface area (Å²) >= 11 is 5.26. The highest BCUT2D eigenvalue weighted by molar-refractivity contribution is 9.10. The Balaban J connectivity index is 1.84. The fourth-order valence-electron chi connectivity index (χ4n) is 2.17. The normalized spacial score (nSPS) is 17.4. The smallest absolute Gasteiger partial charge is 0.150 e. The van der Waals surface area contributed by atoms with Gasteiger partial charge in [-0.3, -0.25) is 9.10 Å². The number of piperidine rings is 1. The lowest BCUT2D eigenvalue weighted by atomic mass is 9.99. The molecule has 0 N–H and O–H groups in total. The molecule has 1 aliphatic heterocycles. The molecule has 19 heavy (non-hydrogen) atoms. The summed E-state index contributed by atoms with van der Waals surface area (Å²) in [5.74, 6) is 1.44. The highest BCUT2D eigenvalue weighted by Gasteiger charge is 2.19.